The number of benzene rings is 3. The van der Waals surface area contributed by atoms with E-state index in [1.54, 1.807) is 48.2 Å². The third-order valence-electron chi connectivity index (χ3n) is 5.44. The molecule has 0 fully saturated rings. The zero-order valence-electron chi connectivity index (χ0n) is 18.4. The van der Waals surface area contributed by atoms with Gasteiger partial charge < -0.3 is 5.32 Å². The monoisotopic (exact) mass is 509 g/mol. The third kappa shape index (κ3) is 5.52. The lowest BCUT2D eigenvalue weighted by molar-refractivity contribution is -0.384. The molecule has 0 spiro atoms. The zero-order chi connectivity index (χ0) is 24.9. The Bertz CT molecular complexity index is 1280. The molecule has 8 nitrogen and oxygen atoms in total. The molecule has 10 heteroatoms. The van der Waals surface area contributed by atoms with Crippen LogP contribution in [0.4, 0.5) is 11.4 Å². The molecule has 0 aliphatic carbocycles. The van der Waals surface area contributed by atoms with Crippen LogP contribution in [0.3, 0.4) is 0 Å². The second kappa shape index (κ2) is 10.7. The van der Waals surface area contributed by atoms with Crippen LogP contribution in [-0.2, 0) is 0 Å². The first-order chi connectivity index (χ1) is 16.8. The highest BCUT2D eigenvalue weighted by Gasteiger charge is 2.34. The number of fused-ring (bicyclic) bond motifs is 1. The van der Waals surface area contributed by atoms with Gasteiger partial charge in [0.15, 0.2) is 0 Å². The number of nitro groups is 1. The molecule has 0 unspecified atom stereocenters. The average molecular weight is 510 g/mol. The normalized spacial score (nSPS) is 12.5. The van der Waals surface area contributed by atoms with Crippen LogP contribution < -0.4 is 5.32 Å². The van der Waals surface area contributed by atoms with E-state index in [9.17, 15) is 24.5 Å². The molecule has 1 aliphatic heterocycles. The van der Waals surface area contributed by atoms with Crippen molar-refractivity contribution in [1.29, 1.82) is 0 Å². The van der Waals surface area contributed by atoms with Crippen molar-refractivity contribution in [2.75, 3.05) is 17.6 Å². The number of thioether (sulfide) groups is 1. The summed E-state index contributed by atoms with van der Waals surface area (Å²) in [4.78, 5) is 49.9. The maximum Gasteiger partial charge on any atom is 0.270 e. The van der Waals surface area contributed by atoms with Gasteiger partial charge in [0.2, 0.25) is 0 Å². The largest absolute Gasteiger partial charge is 0.322 e. The van der Waals surface area contributed by atoms with Gasteiger partial charge in [0, 0.05) is 29.3 Å². The van der Waals surface area contributed by atoms with Gasteiger partial charge in [0.05, 0.1) is 26.6 Å². The molecule has 4 rings (SSSR count). The van der Waals surface area contributed by atoms with Crippen molar-refractivity contribution < 1.29 is 19.3 Å². The Kier molecular flexibility index (Phi) is 7.48. The Morgan fingerprint density at radius 1 is 0.971 bits per heavy atom. The number of hydrogen-bond acceptors (Lipinski definition) is 6. The molecule has 1 aliphatic rings. The zero-order valence-corrected chi connectivity index (χ0v) is 20.0. The summed E-state index contributed by atoms with van der Waals surface area (Å²) in [6.07, 6.45) is 1.53. The Morgan fingerprint density at radius 3 is 2.26 bits per heavy atom. The highest BCUT2D eigenvalue weighted by atomic mass is 35.5. The summed E-state index contributed by atoms with van der Waals surface area (Å²) in [5.41, 5.74) is 1.28. The maximum atomic E-state index is 12.5. The molecular weight excluding hydrogens is 490 g/mol. The Labute approximate surface area is 210 Å². The summed E-state index contributed by atoms with van der Waals surface area (Å²) >= 11 is 7.65. The van der Waals surface area contributed by atoms with Crippen LogP contribution in [0.25, 0.3) is 0 Å². The van der Waals surface area contributed by atoms with Gasteiger partial charge in [-0.2, -0.15) is 0 Å². The number of hydrogen-bond donors (Lipinski definition) is 1. The van der Waals surface area contributed by atoms with E-state index in [1.165, 1.54) is 17.0 Å². The smallest absolute Gasteiger partial charge is 0.270 e. The Morgan fingerprint density at radius 2 is 1.63 bits per heavy atom. The van der Waals surface area contributed by atoms with Crippen LogP contribution in [0.15, 0.2) is 71.6 Å². The van der Waals surface area contributed by atoms with E-state index in [4.69, 9.17) is 11.6 Å². The van der Waals surface area contributed by atoms with Gasteiger partial charge in [-0.3, -0.25) is 29.4 Å². The van der Waals surface area contributed by atoms with Crippen molar-refractivity contribution in [2.45, 2.75) is 17.7 Å². The van der Waals surface area contributed by atoms with Gasteiger partial charge in [-0.25, -0.2) is 0 Å². The van der Waals surface area contributed by atoms with E-state index in [0.717, 1.165) is 23.1 Å². The van der Waals surface area contributed by atoms with Crippen molar-refractivity contribution in [1.82, 2.24) is 4.90 Å². The number of unbranched alkanes of at least 4 members (excludes halogenated alkanes) is 1. The number of nitrogens with one attached hydrogen (secondary N) is 1. The molecule has 0 radical (unpaired) electrons. The minimum Gasteiger partial charge on any atom is -0.322 e. The van der Waals surface area contributed by atoms with Gasteiger partial charge in [-0.15, -0.1) is 11.8 Å². The molecule has 3 amide bonds. The predicted octanol–water partition coefficient (Wildman–Crippen LogP) is 5.67. The molecule has 1 heterocycles. The quantitative estimate of drug-likeness (QED) is 0.131. The number of imide groups is 1. The van der Waals surface area contributed by atoms with E-state index in [1.807, 2.05) is 12.1 Å². The number of carbonyl (C=O) groups is 3. The van der Waals surface area contributed by atoms with Crippen LogP contribution in [0.2, 0.25) is 5.02 Å². The molecule has 3 aromatic rings. The summed E-state index contributed by atoms with van der Waals surface area (Å²) in [5, 5.41) is 13.8. The van der Waals surface area contributed by atoms with E-state index in [-0.39, 0.29) is 28.1 Å². The fourth-order valence-corrected chi connectivity index (χ4v) is 4.75. The summed E-state index contributed by atoms with van der Waals surface area (Å²) in [5.74, 6) is -0.199. The summed E-state index contributed by atoms with van der Waals surface area (Å²) in [7, 11) is 0. The van der Waals surface area contributed by atoms with Crippen LogP contribution in [-0.4, -0.2) is 39.8 Å². The van der Waals surface area contributed by atoms with Crippen LogP contribution in [0.5, 0.6) is 0 Å². The summed E-state index contributed by atoms with van der Waals surface area (Å²) < 4.78 is 0. The van der Waals surface area contributed by atoms with Gasteiger partial charge in [-0.1, -0.05) is 23.7 Å². The number of halogens is 1. The first kappa shape index (κ1) is 24.4. The minimum absolute atomic E-state index is 0.0254. The number of anilines is 1. The van der Waals surface area contributed by atoms with Gasteiger partial charge >= 0.3 is 0 Å². The Balaban J connectivity index is 1.23. The highest BCUT2D eigenvalue weighted by Crippen LogP contribution is 2.26. The standard InChI is InChI=1S/C25H20ClN3O5S/c26-22-12-9-17(29(33)34)15-21(22)23(30)27-16-7-10-18(11-8-16)35-14-4-3-13-28-24(31)19-5-1-2-6-20(19)25(28)32/h1-2,5-12,15H,3-4,13-14H2,(H,27,30). The summed E-state index contributed by atoms with van der Waals surface area (Å²) in [6, 6.07) is 17.8. The van der Waals surface area contributed by atoms with Crippen LogP contribution in [0, 0.1) is 10.1 Å². The van der Waals surface area contributed by atoms with Crippen molar-refractivity contribution >= 4 is 52.5 Å². The van der Waals surface area contributed by atoms with Crippen LogP contribution in [0.1, 0.15) is 43.9 Å². The lowest BCUT2D eigenvalue weighted by Gasteiger charge is -2.13. The summed E-state index contributed by atoms with van der Waals surface area (Å²) in [6.45, 7) is 0.387. The molecule has 3 aromatic carbocycles. The number of nitro benzene ring substituents is 1. The molecular formula is C25H20ClN3O5S. The molecule has 0 bridgehead atoms. The highest BCUT2D eigenvalue weighted by molar-refractivity contribution is 7.99. The predicted molar refractivity (Wildman–Crippen MR) is 134 cm³/mol. The lowest BCUT2D eigenvalue weighted by atomic mass is 10.1. The van der Waals surface area contributed by atoms with E-state index in [2.05, 4.69) is 5.32 Å². The van der Waals surface area contributed by atoms with Crippen molar-refractivity contribution in [3.05, 3.63) is 98.6 Å². The topological polar surface area (TPSA) is 110 Å². The van der Waals surface area contributed by atoms with Crippen molar-refractivity contribution in [2.24, 2.45) is 0 Å². The number of non-ortho nitro benzene ring substituents is 1. The fourth-order valence-electron chi connectivity index (χ4n) is 3.64. The van der Waals surface area contributed by atoms with E-state index < -0.39 is 10.8 Å². The fraction of sp³-hybridized carbons (Fsp3) is 0.160. The molecule has 0 saturated heterocycles. The van der Waals surface area contributed by atoms with E-state index in [0.29, 0.717) is 29.8 Å². The van der Waals surface area contributed by atoms with Gasteiger partial charge in [-0.05, 0) is 61.1 Å². The minimum atomic E-state index is -0.584. The first-order valence-corrected chi connectivity index (χ1v) is 12.1. The first-order valence-electron chi connectivity index (χ1n) is 10.8. The van der Waals surface area contributed by atoms with Crippen molar-refractivity contribution in [3.8, 4) is 0 Å². The molecule has 0 saturated carbocycles. The number of carbonyl (C=O) groups excluding carboxylic acids is 3. The Hall–Kier alpha value is -3.69. The number of amides is 3. The second-order valence-corrected chi connectivity index (χ2v) is 9.34. The maximum absolute atomic E-state index is 12.5. The molecule has 0 atom stereocenters. The lowest BCUT2D eigenvalue weighted by Crippen LogP contribution is -2.30. The van der Waals surface area contributed by atoms with Crippen LogP contribution >= 0.6 is 23.4 Å². The third-order valence-corrected chi connectivity index (χ3v) is 6.87. The number of rotatable bonds is 9. The molecule has 178 valence electrons. The second-order valence-electron chi connectivity index (χ2n) is 7.76. The molecule has 1 N–H and O–H groups in total. The number of nitrogens with zero attached hydrogens (tertiary/aromatic N) is 2. The van der Waals surface area contributed by atoms with Gasteiger partial charge in [0.25, 0.3) is 23.4 Å². The SMILES string of the molecule is O=C(Nc1ccc(SCCCCN2C(=O)c3ccccc3C2=O)cc1)c1cc([N+](=O)[O-])ccc1Cl. The average Bonchev–Trinajstić information content (AvgIpc) is 3.09. The molecule has 0 aromatic heterocycles. The van der Waals surface area contributed by atoms with E-state index >= 15 is 0 Å². The van der Waals surface area contributed by atoms with Crippen molar-refractivity contribution in [3.63, 3.8) is 0 Å². The van der Waals surface area contributed by atoms with Gasteiger partial charge in [0.1, 0.15) is 0 Å². The molecule has 35 heavy (non-hydrogen) atoms.